The molecule has 2 aromatic carbocycles. The molecule has 18 heavy (non-hydrogen) atoms. The monoisotopic (exact) mass is 312 g/mol. The summed E-state index contributed by atoms with van der Waals surface area (Å²) in [5.41, 5.74) is 1.19. The van der Waals surface area contributed by atoms with Crippen LogP contribution in [0.5, 0.6) is 0 Å². The SMILES string of the molecule is Cc1ccc(F)cc1C(O)c1c(F)cccc1Br. The molecule has 0 amide bonds. The molecule has 2 aromatic rings. The normalized spacial score (nSPS) is 12.5. The fourth-order valence-corrected chi connectivity index (χ4v) is 2.39. The summed E-state index contributed by atoms with van der Waals surface area (Å²) in [6, 6.07) is 8.52. The van der Waals surface area contributed by atoms with Crippen molar-refractivity contribution in [2.45, 2.75) is 13.0 Å². The van der Waals surface area contributed by atoms with E-state index >= 15 is 0 Å². The van der Waals surface area contributed by atoms with Gasteiger partial charge in [-0.15, -0.1) is 0 Å². The van der Waals surface area contributed by atoms with Crippen LogP contribution in [0.15, 0.2) is 40.9 Å². The maximum atomic E-state index is 13.7. The van der Waals surface area contributed by atoms with Gasteiger partial charge in [-0.05, 0) is 42.3 Å². The summed E-state index contributed by atoms with van der Waals surface area (Å²) in [5.74, 6) is -0.984. The predicted octanol–water partition coefficient (Wildman–Crippen LogP) is 4.12. The fraction of sp³-hybridized carbons (Fsp3) is 0.143. The zero-order chi connectivity index (χ0) is 13.3. The van der Waals surface area contributed by atoms with Crippen LogP contribution >= 0.6 is 15.9 Å². The number of hydrogen-bond acceptors (Lipinski definition) is 1. The Morgan fingerprint density at radius 2 is 1.89 bits per heavy atom. The van der Waals surface area contributed by atoms with Crippen molar-refractivity contribution < 1.29 is 13.9 Å². The summed E-state index contributed by atoms with van der Waals surface area (Å²) in [6.07, 6.45) is -1.20. The Hall–Kier alpha value is -1.26. The van der Waals surface area contributed by atoms with Crippen molar-refractivity contribution in [1.82, 2.24) is 0 Å². The minimum atomic E-state index is -1.20. The molecular weight excluding hydrogens is 302 g/mol. The summed E-state index contributed by atoms with van der Waals surface area (Å²) in [4.78, 5) is 0. The van der Waals surface area contributed by atoms with Crippen molar-refractivity contribution in [3.8, 4) is 0 Å². The summed E-state index contributed by atoms with van der Waals surface area (Å²) in [7, 11) is 0. The number of halogens is 3. The summed E-state index contributed by atoms with van der Waals surface area (Å²) in [5, 5.41) is 10.2. The number of aliphatic hydroxyl groups excluding tert-OH is 1. The molecule has 1 nitrogen and oxygen atoms in total. The van der Waals surface area contributed by atoms with E-state index in [1.54, 1.807) is 19.1 Å². The molecule has 0 bridgehead atoms. The molecule has 4 heteroatoms. The van der Waals surface area contributed by atoms with E-state index in [4.69, 9.17) is 0 Å². The highest BCUT2D eigenvalue weighted by Crippen LogP contribution is 2.32. The van der Waals surface area contributed by atoms with E-state index in [0.29, 0.717) is 15.6 Å². The molecule has 0 aliphatic carbocycles. The molecule has 0 spiro atoms. The first-order valence-corrected chi connectivity index (χ1v) is 6.18. The van der Waals surface area contributed by atoms with Crippen molar-refractivity contribution in [3.63, 3.8) is 0 Å². The molecule has 0 fully saturated rings. The van der Waals surface area contributed by atoms with Crippen LogP contribution in [0, 0.1) is 18.6 Å². The van der Waals surface area contributed by atoms with Crippen LogP contribution < -0.4 is 0 Å². The van der Waals surface area contributed by atoms with Crippen molar-refractivity contribution in [3.05, 3.63) is 69.2 Å². The van der Waals surface area contributed by atoms with Gasteiger partial charge in [0.25, 0.3) is 0 Å². The Labute approximate surface area is 112 Å². The molecule has 0 aliphatic rings. The zero-order valence-corrected chi connectivity index (χ0v) is 11.2. The van der Waals surface area contributed by atoms with E-state index in [1.807, 2.05) is 0 Å². The Morgan fingerprint density at radius 3 is 2.56 bits per heavy atom. The van der Waals surface area contributed by atoms with Gasteiger partial charge in [0, 0.05) is 10.0 Å². The number of rotatable bonds is 2. The van der Waals surface area contributed by atoms with Crippen LogP contribution in [0.25, 0.3) is 0 Å². The van der Waals surface area contributed by atoms with Crippen molar-refractivity contribution in [2.24, 2.45) is 0 Å². The van der Waals surface area contributed by atoms with Crippen molar-refractivity contribution in [1.29, 1.82) is 0 Å². The van der Waals surface area contributed by atoms with Gasteiger partial charge in [-0.1, -0.05) is 28.1 Å². The summed E-state index contributed by atoms with van der Waals surface area (Å²) >= 11 is 3.19. The number of aryl methyl sites for hydroxylation is 1. The standard InChI is InChI=1S/C14H11BrF2O/c1-8-5-6-9(16)7-10(8)14(18)13-11(15)3-2-4-12(13)17/h2-7,14,18H,1H3. The first-order chi connectivity index (χ1) is 8.50. The van der Waals surface area contributed by atoms with E-state index in [9.17, 15) is 13.9 Å². The molecule has 94 valence electrons. The highest BCUT2D eigenvalue weighted by atomic mass is 79.9. The molecule has 0 aliphatic heterocycles. The first-order valence-electron chi connectivity index (χ1n) is 5.38. The van der Waals surface area contributed by atoms with E-state index in [-0.39, 0.29) is 5.56 Å². The third kappa shape index (κ3) is 2.44. The predicted molar refractivity (Wildman–Crippen MR) is 69.3 cm³/mol. The molecule has 0 saturated carbocycles. The van der Waals surface area contributed by atoms with Gasteiger partial charge in [-0.2, -0.15) is 0 Å². The lowest BCUT2D eigenvalue weighted by atomic mass is 9.97. The average molecular weight is 313 g/mol. The lowest BCUT2D eigenvalue weighted by Gasteiger charge is -2.16. The third-order valence-electron chi connectivity index (χ3n) is 2.81. The maximum absolute atomic E-state index is 13.7. The van der Waals surface area contributed by atoms with Crippen LogP contribution in [-0.2, 0) is 0 Å². The molecule has 1 unspecified atom stereocenters. The second kappa shape index (κ2) is 5.16. The Balaban J connectivity index is 2.54. The largest absolute Gasteiger partial charge is 0.383 e. The first kappa shape index (κ1) is 13.2. The summed E-state index contributed by atoms with van der Waals surface area (Å²) < 4.78 is 27.4. The van der Waals surface area contributed by atoms with Crippen molar-refractivity contribution >= 4 is 15.9 Å². The van der Waals surface area contributed by atoms with Gasteiger partial charge in [0.2, 0.25) is 0 Å². The molecule has 0 aromatic heterocycles. The topological polar surface area (TPSA) is 20.2 Å². The van der Waals surface area contributed by atoms with Crippen LogP contribution in [0.2, 0.25) is 0 Å². The van der Waals surface area contributed by atoms with E-state index in [1.165, 1.54) is 24.3 Å². The highest BCUT2D eigenvalue weighted by Gasteiger charge is 2.20. The molecular formula is C14H11BrF2O. The smallest absolute Gasteiger partial charge is 0.130 e. The van der Waals surface area contributed by atoms with Gasteiger partial charge in [-0.25, -0.2) is 8.78 Å². The second-order valence-electron chi connectivity index (χ2n) is 4.04. The van der Waals surface area contributed by atoms with Gasteiger partial charge in [0.05, 0.1) is 0 Å². The fourth-order valence-electron chi connectivity index (χ4n) is 1.83. The van der Waals surface area contributed by atoms with Gasteiger partial charge in [0.15, 0.2) is 0 Å². The van der Waals surface area contributed by atoms with E-state index in [0.717, 1.165) is 0 Å². The third-order valence-corrected chi connectivity index (χ3v) is 3.50. The zero-order valence-electron chi connectivity index (χ0n) is 9.62. The quantitative estimate of drug-likeness (QED) is 0.884. The lowest BCUT2D eigenvalue weighted by molar-refractivity contribution is 0.213. The Kier molecular flexibility index (Phi) is 3.78. The van der Waals surface area contributed by atoms with Crippen molar-refractivity contribution in [2.75, 3.05) is 0 Å². The number of benzene rings is 2. The molecule has 1 N–H and O–H groups in total. The minimum Gasteiger partial charge on any atom is -0.383 e. The Morgan fingerprint density at radius 1 is 1.17 bits per heavy atom. The summed E-state index contributed by atoms with van der Waals surface area (Å²) in [6.45, 7) is 1.74. The van der Waals surface area contributed by atoms with Crippen LogP contribution in [-0.4, -0.2) is 5.11 Å². The van der Waals surface area contributed by atoms with Gasteiger partial charge in [-0.3, -0.25) is 0 Å². The van der Waals surface area contributed by atoms with E-state index in [2.05, 4.69) is 15.9 Å². The molecule has 2 rings (SSSR count). The maximum Gasteiger partial charge on any atom is 0.130 e. The van der Waals surface area contributed by atoms with Gasteiger partial charge < -0.3 is 5.11 Å². The van der Waals surface area contributed by atoms with Gasteiger partial charge in [0.1, 0.15) is 17.7 Å². The molecule has 1 atom stereocenters. The molecule has 0 saturated heterocycles. The lowest BCUT2D eigenvalue weighted by Crippen LogP contribution is -2.06. The number of aliphatic hydroxyl groups is 1. The minimum absolute atomic E-state index is 0.117. The molecule has 0 radical (unpaired) electrons. The van der Waals surface area contributed by atoms with Gasteiger partial charge >= 0.3 is 0 Å². The van der Waals surface area contributed by atoms with Crippen LogP contribution in [0.3, 0.4) is 0 Å². The van der Waals surface area contributed by atoms with Crippen LogP contribution in [0.1, 0.15) is 22.8 Å². The van der Waals surface area contributed by atoms with E-state index < -0.39 is 17.7 Å². The molecule has 0 heterocycles. The highest BCUT2D eigenvalue weighted by molar-refractivity contribution is 9.10. The van der Waals surface area contributed by atoms with Crippen LogP contribution in [0.4, 0.5) is 8.78 Å². The Bertz CT molecular complexity index is 564. The second-order valence-corrected chi connectivity index (χ2v) is 4.89. The average Bonchev–Trinajstić information content (AvgIpc) is 2.32. The number of hydrogen-bond donors (Lipinski definition) is 1.